The van der Waals surface area contributed by atoms with E-state index in [-0.39, 0.29) is 0 Å². The van der Waals surface area contributed by atoms with Crippen molar-refractivity contribution < 1.29 is 0 Å². The zero-order valence-electron chi connectivity index (χ0n) is 11.8. The highest BCUT2D eigenvalue weighted by Crippen LogP contribution is 2.27. The largest absolute Gasteiger partial charge is 0.317 e. The summed E-state index contributed by atoms with van der Waals surface area (Å²) >= 11 is 0. The molecule has 1 N–H and O–H groups in total. The normalized spacial score (nSPS) is 24.4. The molecule has 1 aliphatic rings. The van der Waals surface area contributed by atoms with Crippen LogP contribution >= 0.6 is 0 Å². The molecule has 1 saturated carbocycles. The van der Waals surface area contributed by atoms with Gasteiger partial charge in [0.2, 0.25) is 0 Å². The first kappa shape index (κ1) is 13.5. The molecule has 100 valence electrons. The summed E-state index contributed by atoms with van der Waals surface area (Å²) in [6.07, 6.45) is 8.12. The molecule has 2 rings (SSSR count). The second-order valence-electron chi connectivity index (χ2n) is 5.80. The number of hydrogen-bond donors (Lipinski definition) is 1. The van der Waals surface area contributed by atoms with Crippen LogP contribution in [0, 0.1) is 5.92 Å². The zero-order valence-corrected chi connectivity index (χ0v) is 11.8. The van der Waals surface area contributed by atoms with E-state index in [2.05, 4.69) is 42.2 Å². The molecule has 1 aromatic rings. The Labute approximate surface area is 110 Å². The molecule has 18 heavy (non-hydrogen) atoms. The van der Waals surface area contributed by atoms with E-state index in [0.717, 1.165) is 18.4 Å². The van der Waals surface area contributed by atoms with Gasteiger partial charge in [-0.2, -0.15) is 0 Å². The lowest BCUT2D eigenvalue weighted by atomic mass is 9.83. The molecular weight excluding hydrogens is 222 g/mol. The summed E-state index contributed by atoms with van der Waals surface area (Å²) < 4.78 is 0. The summed E-state index contributed by atoms with van der Waals surface area (Å²) in [4.78, 5) is 8.76. The molecule has 0 amide bonds. The average Bonchev–Trinajstić information content (AvgIpc) is 2.40. The molecule has 0 aliphatic heterocycles. The second-order valence-corrected chi connectivity index (χ2v) is 5.80. The van der Waals surface area contributed by atoms with Crippen molar-refractivity contribution in [3.63, 3.8) is 0 Å². The Morgan fingerprint density at radius 1 is 1.22 bits per heavy atom. The highest BCUT2D eigenvalue weighted by Gasteiger charge is 2.20. The van der Waals surface area contributed by atoms with E-state index in [1.165, 1.54) is 37.1 Å². The first-order chi connectivity index (χ1) is 8.69. The van der Waals surface area contributed by atoms with Gasteiger partial charge in [-0.1, -0.05) is 13.8 Å². The van der Waals surface area contributed by atoms with Gasteiger partial charge in [-0.15, -0.1) is 0 Å². The molecule has 0 radical (unpaired) electrons. The average molecular weight is 247 g/mol. The van der Waals surface area contributed by atoms with Crippen LogP contribution in [0.3, 0.4) is 0 Å². The molecule has 0 bridgehead atoms. The number of nitrogens with zero attached hydrogens (tertiary/aromatic N) is 2. The van der Waals surface area contributed by atoms with Gasteiger partial charge in [0.1, 0.15) is 6.33 Å². The highest BCUT2D eigenvalue weighted by molar-refractivity contribution is 5.12. The van der Waals surface area contributed by atoms with Crippen LogP contribution in [0.4, 0.5) is 0 Å². The van der Waals surface area contributed by atoms with Gasteiger partial charge in [0.05, 0.1) is 0 Å². The summed E-state index contributed by atoms with van der Waals surface area (Å²) in [5, 5.41) is 3.39. The van der Waals surface area contributed by atoms with E-state index in [4.69, 9.17) is 0 Å². The Hall–Kier alpha value is -0.960. The Kier molecular flexibility index (Phi) is 4.70. The fourth-order valence-corrected chi connectivity index (χ4v) is 2.79. The topological polar surface area (TPSA) is 37.8 Å². The van der Waals surface area contributed by atoms with Crippen LogP contribution in [0.5, 0.6) is 0 Å². The standard InChI is InChI=1S/C15H25N3/c1-11(2)15-9-14(17-10-18-15)8-12-4-6-13(16-3)7-5-12/h9-13,16H,4-8H2,1-3H3. The summed E-state index contributed by atoms with van der Waals surface area (Å²) in [5.74, 6) is 1.30. The molecular formula is C15H25N3. The lowest BCUT2D eigenvalue weighted by molar-refractivity contribution is 0.299. The van der Waals surface area contributed by atoms with E-state index in [9.17, 15) is 0 Å². The van der Waals surface area contributed by atoms with Gasteiger partial charge in [0.15, 0.2) is 0 Å². The first-order valence-electron chi connectivity index (χ1n) is 7.17. The van der Waals surface area contributed by atoms with Crippen LogP contribution in [0.1, 0.15) is 56.8 Å². The minimum absolute atomic E-state index is 0.492. The molecule has 1 heterocycles. The van der Waals surface area contributed by atoms with Gasteiger partial charge in [0.25, 0.3) is 0 Å². The van der Waals surface area contributed by atoms with E-state index >= 15 is 0 Å². The SMILES string of the molecule is CNC1CCC(Cc2cc(C(C)C)ncn2)CC1. The summed E-state index contributed by atoms with van der Waals surface area (Å²) in [5.41, 5.74) is 2.39. The predicted molar refractivity (Wildman–Crippen MR) is 74.6 cm³/mol. The maximum Gasteiger partial charge on any atom is 0.115 e. The van der Waals surface area contributed by atoms with Crippen LogP contribution in [-0.2, 0) is 6.42 Å². The molecule has 0 spiro atoms. The number of nitrogens with one attached hydrogen (secondary N) is 1. The van der Waals surface area contributed by atoms with Crippen LogP contribution in [0.25, 0.3) is 0 Å². The van der Waals surface area contributed by atoms with Crippen LogP contribution in [-0.4, -0.2) is 23.1 Å². The van der Waals surface area contributed by atoms with Crippen molar-refractivity contribution >= 4 is 0 Å². The van der Waals surface area contributed by atoms with Gasteiger partial charge in [-0.25, -0.2) is 9.97 Å². The van der Waals surface area contributed by atoms with Crippen molar-refractivity contribution in [2.75, 3.05) is 7.05 Å². The lowest BCUT2D eigenvalue weighted by Crippen LogP contribution is -2.30. The van der Waals surface area contributed by atoms with Crippen molar-refractivity contribution in [1.82, 2.24) is 15.3 Å². The molecule has 3 nitrogen and oxygen atoms in total. The Balaban J connectivity index is 1.92. The van der Waals surface area contributed by atoms with E-state index in [1.54, 1.807) is 6.33 Å². The van der Waals surface area contributed by atoms with Crippen molar-refractivity contribution in [3.05, 3.63) is 23.8 Å². The second kappa shape index (κ2) is 6.28. The maximum atomic E-state index is 4.43. The molecule has 3 heteroatoms. The monoisotopic (exact) mass is 247 g/mol. The number of aromatic nitrogens is 2. The Morgan fingerprint density at radius 3 is 2.56 bits per heavy atom. The zero-order chi connectivity index (χ0) is 13.0. The number of hydrogen-bond acceptors (Lipinski definition) is 3. The smallest absolute Gasteiger partial charge is 0.115 e. The van der Waals surface area contributed by atoms with Gasteiger partial charge in [0, 0.05) is 17.4 Å². The molecule has 0 atom stereocenters. The highest BCUT2D eigenvalue weighted by atomic mass is 14.9. The van der Waals surface area contributed by atoms with Crippen molar-refractivity contribution in [3.8, 4) is 0 Å². The molecule has 1 aliphatic carbocycles. The van der Waals surface area contributed by atoms with Crippen LogP contribution in [0.2, 0.25) is 0 Å². The Morgan fingerprint density at radius 2 is 1.94 bits per heavy atom. The first-order valence-corrected chi connectivity index (χ1v) is 7.17. The van der Waals surface area contributed by atoms with Crippen LogP contribution < -0.4 is 5.32 Å². The summed E-state index contributed by atoms with van der Waals surface area (Å²) in [7, 11) is 2.07. The predicted octanol–water partition coefficient (Wildman–Crippen LogP) is 2.92. The van der Waals surface area contributed by atoms with E-state index in [1.807, 2.05) is 0 Å². The minimum Gasteiger partial charge on any atom is -0.317 e. The maximum absolute atomic E-state index is 4.43. The molecule has 0 unspecified atom stereocenters. The summed E-state index contributed by atoms with van der Waals surface area (Å²) in [6, 6.07) is 2.92. The summed E-state index contributed by atoms with van der Waals surface area (Å²) in [6.45, 7) is 4.37. The minimum atomic E-state index is 0.492. The fourth-order valence-electron chi connectivity index (χ4n) is 2.79. The molecule has 0 saturated heterocycles. The Bertz CT molecular complexity index is 368. The number of rotatable bonds is 4. The third kappa shape index (κ3) is 3.52. The lowest BCUT2D eigenvalue weighted by Gasteiger charge is -2.28. The van der Waals surface area contributed by atoms with Gasteiger partial charge < -0.3 is 5.32 Å². The quantitative estimate of drug-likeness (QED) is 0.889. The third-order valence-corrected chi connectivity index (χ3v) is 4.09. The third-order valence-electron chi connectivity index (χ3n) is 4.09. The van der Waals surface area contributed by atoms with Crippen molar-refractivity contribution in [2.24, 2.45) is 5.92 Å². The van der Waals surface area contributed by atoms with Gasteiger partial charge in [-0.3, -0.25) is 0 Å². The van der Waals surface area contributed by atoms with Gasteiger partial charge in [-0.05, 0) is 57.1 Å². The van der Waals surface area contributed by atoms with Gasteiger partial charge >= 0.3 is 0 Å². The van der Waals surface area contributed by atoms with E-state index in [0.29, 0.717) is 5.92 Å². The van der Waals surface area contributed by atoms with Crippen molar-refractivity contribution in [2.45, 2.75) is 57.9 Å². The molecule has 1 aromatic heterocycles. The van der Waals surface area contributed by atoms with Crippen molar-refractivity contribution in [1.29, 1.82) is 0 Å². The molecule has 0 aromatic carbocycles. The van der Waals surface area contributed by atoms with E-state index < -0.39 is 0 Å². The van der Waals surface area contributed by atoms with Crippen LogP contribution in [0.15, 0.2) is 12.4 Å². The fraction of sp³-hybridized carbons (Fsp3) is 0.733. The molecule has 1 fully saturated rings.